The van der Waals surface area contributed by atoms with Gasteiger partial charge in [-0.15, -0.1) is 0 Å². The number of likely N-dealkylation sites (tertiary alicyclic amines) is 1. The normalized spacial score (nSPS) is 24.1. The molecule has 4 atom stereocenters. The largest absolute Gasteiger partial charge is 0.504 e. The van der Waals surface area contributed by atoms with E-state index in [1.165, 1.54) is 42.0 Å². The number of alkyl carbamates (subject to hydrolysis) is 1. The predicted octanol–water partition coefficient (Wildman–Crippen LogP) is 7.34. The van der Waals surface area contributed by atoms with Crippen molar-refractivity contribution in [3.05, 3.63) is 98.2 Å². The van der Waals surface area contributed by atoms with Gasteiger partial charge in [0.2, 0.25) is 5.96 Å². The Bertz CT molecular complexity index is 2460. The number of nitro groups is 1. The van der Waals surface area contributed by atoms with Crippen molar-refractivity contribution in [2.45, 2.75) is 121 Å². The molecule has 9 rings (SSSR count). The van der Waals surface area contributed by atoms with Crippen molar-refractivity contribution in [2.24, 2.45) is 10.9 Å². The smallest absolute Gasteiger partial charge is 0.417 e. The van der Waals surface area contributed by atoms with Crippen LogP contribution >= 0.6 is 0 Å². The number of benzene rings is 3. The number of non-ortho nitro benzene ring substituents is 1. The number of fused-ring (bicyclic) bond motifs is 4. The van der Waals surface area contributed by atoms with E-state index in [0.29, 0.717) is 36.5 Å². The van der Waals surface area contributed by atoms with Gasteiger partial charge in [-0.05, 0) is 127 Å². The van der Waals surface area contributed by atoms with Crippen molar-refractivity contribution in [3.63, 3.8) is 0 Å². The SMILES string of the molecule is CC(C)(C)OC(=O)NC(=NCCc1ccc2[nH]c3c(c2c1)C[C@@]1(O)[C@H]2Cc4ccc(O)c5c4[C@@]1(CCN2CC1CC1)[C@H]3O5)N(Cc1ccc([N+](=O)[O-])cc1)C(=O)OC(C)(C)C. The molecule has 3 heterocycles. The van der Waals surface area contributed by atoms with Gasteiger partial charge < -0.3 is 29.4 Å². The minimum atomic E-state index is -1.13. The van der Waals surface area contributed by atoms with Crippen LogP contribution < -0.4 is 10.1 Å². The van der Waals surface area contributed by atoms with E-state index in [1.54, 1.807) is 47.6 Å². The molecule has 15 heteroatoms. The number of ether oxygens (including phenoxy) is 3. The van der Waals surface area contributed by atoms with Gasteiger partial charge in [-0.25, -0.2) is 14.5 Å². The number of phenols is 1. The number of carbonyl (C=O) groups is 2. The van der Waals surface area contributed by atoms with Crippen LogP contribution in [0.3, 0.4) is 0 Å². The summed E-state index contributed by atoms with van der Waals surface area (Å²) in [6.07, 6.45) is 2.62. The zero-order chi connectivity index (χ0) is 43.2. The lowest BCUT2D eigenvalue weighted by Crippen LogP contribution is -2.74. The van der Waals surface area contributed by atoms with Crippen LogP contribution in [0.5, 0.6) is 11.5 Å². The average Bonchev–Trinajstić information content (AvgIpc) is 3.82. The molecule has 1 spiro atoms. The molecule has 61 heavy (non-hydrogen) atoms. The van der Waals surface area contributed by atoms with E-state index in [4.69, 9.17) is 19.2 Å². The molecule has 1 aromatic heterocycles. The van der Waals surface area contributed by atoms with Crippen LogP contribution in [0.25, 0.3) is 10.9 Å². The highest BCUT2D eigenvalue weighted by Crippen LogP contribution is 2.69. The van der Waals surface area contributed by atoms with Crippen LogP contribution in [0.2, 0.25) is 0 Å². The number of aromatic amines is 1. The summed E-state index contributed by atoms with van der Waals surface area (Å²) in [7, 11) is 0. The van der Waals surface area contributed by atoms with Gasteiger partial charge in [0.1, 0.15) is 11.2 Å². The summed E-state index contributed by atoms with van der Waals surface area (Å²) in [6, 6.07) is 15.5. The Kier molecular flexibility index (Phi) is 9.66. The Labute approximate surface area is 354 Å². The molecule has 0 radical (unpaired) electrons. The fraction of sp³-hybridized carbons (Fsp3) is 0.500. The molecule has 5 aliphatic rings. The summed E-state index contributed by atoms with van der Waals surface area (Å²) in [5.41, 5.74) is 2.78. The van der Waals surface area contributed by atoms with Gasteiger partial charge >= 0.3 is 12.2 Å². The lowest BCUT2D eigenvalue weighted by atomic mass is 9.49. The number of hydrogen-bond acceptors (Lipinski definition) is 11. The summed E-state index contributed by atoms with van der Waals surface area (Å²) in [4.78, 5) is 50.0. The molecule has 4 aromatic rings. The van der Waals surface area contributed by atoms with Crippen molar-refractivity contribution >= 4 is 34.7 Å². The number of amides is 2. The summed E-state index contributed by atoms with van der Waals surface area (Å²) < 4.78 is 18.1. The Balaban J connectivity index is 1.04. The average molecular weight is 835 g/mol. The van der Waals surface area contributed by atoms with Crippen LogP contribution in [0.15, 0.2) is 59.6 Å². The standard InChI is InChI=1S/C46H54N6O9/c1-43(2,3)60-41(54)49-40(51(42(55)61-44(4,5)6)25-28-9-13-30(14-10-28)52(57)58)47-19-17-26-11-15-33-31(21-26)32-23-46(56)35-22-29-12-16-34(53)38-36(29)45(46,39(59-38)37(32)48-33)18-20-50(35)24-27-7-8-27/h9-16,21,27,35,39,48,53,56H,7-8,17-20,22-25H2,1-6H3,(H,47,49,54)/t35-,39+,45+,46-/m1/s1. The van der Waals surface area contributed by atoms with E-state index in [9.17, 15) is 29.9 Å². The second-order valence-corrected chi connectivity index (χ2v) is 19.4. The number of H-pyrrole nitrogens is 1. The quantitative estimate of drug-likeness (QED) is 0.0604. The fourth-order valence-corrected chi connectivity index (χ4v) is 10.2. The Morgan fingerprint density at radius 2 is 1.77 bits per heavy atom. The summed E-state index contributed by atoms with van der Waals surface area (Å²) in [5.74, 6) is 1.16. The number of rotatable bonds is 8. The maximum Gasteiger partial charge on any atom is 0.417 e. The number of aromatic hydroxyl groups is 1. The van der Waals surface area contributed by atoms with Crippen molar-refractivity contribution < 1.29 is 38.9 Å². The van der Waals surface area contributed by atoms with E-state index in [-0.39, 0.29) is 36.5 Å². The number of phenolic OH excluding ortho intramolecular Hbond substituents is 1. The number of hydrogen-bond donors (Lipinski definition) is 4. The molecule has 0 unspecified atom stereocenters. The van der Waals surface area contributed by atoms with E-state index in [1.807, 2.05) is 18.2 Å². The van der Waals surface area contributed by atoms with Crippen LogP contribution in [0, 0.1) is 16.0 Å². The van der Waals surface area contributed by atoms with Crippen molar-refractivity contribution in [1.29, 1.82) is 0 Å². The molecule has 2 aliphatic heterocycles. The Morgan fingerprint density at radius 1 is 1.05 bits per heavy atom. The number of aliphatic hydroxyl groups is 1. The second-order valence-electron chi connectivity index (χ2n) is 19.4. The third-order valence-electron chi connectivity index (χ3n) is 12.9. The highest BCUT2D eigenvalue weighted by molar-refractivity contribution is 6.01. The number of aliphatic imine (C=N–C) groups is 1. The van der Waals surface area contributed by atoms with Gasteiger partial charge in [0.25, 0.3) is 5.69 Å². The molecule has 3 aromatic carbocycles. The maximum atomic E-state index is 13.8. The van der Waals surface area contributed by atoms with Crippen LogP contribution in [-0.2, 0) is 40.7 Å². The molecule has 15 nitrogen and oxygen atoms in total. The van der Waals surface area contributed by atoms with Gasteiger partial charge in [0.05, 0.1) is 28.2 Å². The van der Waals surface area contributed by atoms with Gasteiger partial charge in [-0.1, -0.05) is 24.3 Å². The van der Waals surface area contributed by atoms with Crippen molar-refractivity contribution in [3.8, 4) is 11.5 Å². The van der Waals surface area contributed by atoms with E-state index < -0.39 is 45.4 Å². The van der Waals surface area contributed by atoms with Crippen molar-refractivity contribution in [2.75, 3.05) is 19.6 Å². The first-order valence-electron chi connectivity index (χ1n) is 21.2. The molecule has 4 N–H and O–H groups in total. The number of nitrogens with one attached hydrogen (secondary N) is 2. The van der Waals surface area contributed by atoms with E-state index in [0.717, 1.165) is 58.4 Å². The Hall–Kier alpha value is -5.67. The molecular weight excluding hydrogens is 781 g/mol. The monoisotopic (exact) mass is 834 g/mol. The lowest BCUT2D eigenvalue weighted by molar-refractivity contribution is -0.384. The van der Waals surface area contributed by atoms with Gasteiger partial charge in [-0.3, -0.25) is 25.3 Å². The molecular formula is C46H54N6O9. The number of nitrogens with zero attached hydrogens (tertiary/aromatic N) is 4. The number of aromatic nitrogens is 1. The zero-order valence-corrected chi connectivity index (χ0v) is 35.5. The minimum Gasteiger partial charge on any atom is -0.504 e. The van der Waals surface area contributed by atoms with Gasteiger partial charge in [-0.2, -0.15) is 0 Å². The minimum absolute atomic E-state index is 0.0959. The molecule has 2 amide bonds. The highest BCUT2D eigenvalue weighted by atomic mass is 16.6. The molecule has 1 saturated heterocycles. The molecule has 2 fully saturated rings. The lowest BCUT2D eigenvalue weighted by Gasteiger charge is -2.62. The van der Waals surface area contributed by atoms with E-state index in [2.05, 4.69) is 21.3 Å². The first-order chi connectivity index (χ1) is 28.8. The summed E-state index contributed by atoms with van der Waals surface area (Å²) in [5, 5.41) is 39.4. The third-order valence-corrected chi connectivity index (χ3v) is 12.9. The summed E-state index contributed by atoms with van der Waals surface area (Å²) >= 11 is 0. The molecule has 2 bridgehead atoms. The Morgan fingerprint density at radius 3 is 2.46 bits per heavy atom. The highest BCUT2D eigenvalue weighted by Gasteiger charge is 2.73. The van der Waals surface area contributed by atoms with Gasteiger partial charge in [0.15, 0.2) is 17.6 Å². The second kappa shape index (κ2) is 14.5. The zero-order valence-electron chi connectivity index (χ0n) is 35.5. The first kappa shape index (κ1) is 40.7. The number of piperidine rings is 1. The number of nitro benzene ring substituents is 1. The van der Waals surface area contributed by atoms with Crippen LogP contribution in [0.4, 0.5) is 15.3 Å². The number of carbonyl (C=O) groups excluding carboxylic acids is 2. The molecule has 322 valence electrons. The first-order valence-corrected chi connectivity index (χ1v) is 21.2. The topological polar surface area (TPSA) is 192 Å². The number of guanidine groups is 1. The third kappa shape index (κ3) is 7.24. The van der Waals surface area contributed by atoms with Crippen molar-refractivity contribution in [1.82, 2.24) is 20.1 Å². The predicted molar refractivity (Wildman–Crippen MR) is 227 cm³/mol. The maximum absolute atomic E-state index is 13.8. The molecule has 1 saturated carbocycles. The van der Waals surface area contributed by atoms with E-state index >= 15 is 0 Å². The molecule has 3 aliphatic carbocycles. The van der Waals surface area contributed by atoms with Gasteiger partial charge in [0, 0.05) is 54.2 Å². The van der Waals surface area contributed by atoms with Crippen LogP contribution in [0.1, 0.15) is 100 Å². The fourth-order valence-electron chi connectivity index (χ4n) is 10.2. The summed E-state index contributed by atoms with van der Waals surface area (Å²) in [6.45, 7) is 12.2. The van der Waals surface area contributed by atoms with Crippen LogP contribution in [-0.4, -0.2) is 90.5 Å².